The molecule has 2 aromatic rings. The number of halogens is 1. The Morgan fingerprint density at radius 3 is 2.36 bits per heavy atom. The molecule has 22 heavy (non-hydrogen) atoms. The molecule has 0 N–H and O–H groups in total. The third-order valence-electron chi connectivity index (χ3n) is 3.59. The first-order valence-electron chi connectivity index (χ1n) is 7.28. The highest BCUT2D eigenvalue weighted by Crippen LogP contribution is 2.17. The van der Waals surface area contributed by atoms with Crippen molar-refractivity contribution in [2.24, 2.45) is 0 Å². The molecule has 2 rings (SSSR count). The van der Waals surface area contributed by atoms with Crippen molar-refractivity contribution in [3.63, 3.8) is 0 Å². The van der Waals surface area contributed by atoms with Crippen LogP contribution in [-0.2, 0) is 6.42 Å². The highest BCUT2D eigenvalue weighted by molar-refractivity contribution is 6.31. The Morgan fingerprint density at radius 2 is 1.77 bits per heavy atom. The lowest BCUT2D eigenvalue weighted by molar-refractivity contribution is -0.491. The Morgan fingerprint density at radius 1 is 1.14 bits per heavy atom. The molecule has 1 unspecified atom stereocenters. The number of rotatable bonds is 5. The van der Waals surface area contributed by atoms with Gasteiger partial charge in [0.05, 0.1) is 0 Å². The molecule has 0 aliphatic rings. The molecule has 0 aliphatic heterocycles. The predicted molar refractivity (Wildman–Crippen MR) is 94.2 cm³/mol. The molecule has 2 aromatic carbocycles. The van der Waals surface area contributed by atoms with E-state index in [-0.39, 0.29) is 6.04 Å². The Hall–Kier alpha value is -2.00. The molecule has 0 aliphatic carbocycles. The van der Waals surface area contributed by atoms with Crippen LogP contribution in [0.2, 0.25) is 5.02 Å². The van der Waals surface area contributed by atoms with Gasteiger partial charge in [-0.2, -0.15) is 0 Å². The normalized spacial score (nSPS) is 13.0. The molecular formula is C18H21ClN2O. The van der Waals surface area contributed by atoms with E-state index in [1.165, 1.54) is 0 Å². The summed E-state index contributed by atoms with van der Waals surface area (Å²) in [5.41, 5.74) is 3.00. The summed E-state index contributed by atoms with van der Waals surface area (Å²) < 4.78 is 0.994. The molecule has 0 heterocycles. The van der Waals surface area contributed by atoms with Crippen molar-refractivity contribution >= 4 is 23.5 Å². The van der Waals surface area contributed by atoms with Gasteiger partial charge in [-0.05, 0) is 42.8 Å². The SMILES string of the molecule is CC(Cc1ccccc1Cl)/[N+]([O-])=C\c1ccc(N(C)C)cc1. The molecule has 3 nitrogen and oxygen atoms in total. The predicted octanol–water partition coefficient (Wildman–Crippen LogP) is 3.97. The maximum atomic E-state index is 12.3. The fourth-order valence-corrected chi connectivity index (χ4v) is 2.42. The highest BCUT2D eigenvalue weighted by Gasteiger charge is 2.12. The molecule has 0 spiro atoms. The minimum Gasteiger partial charge on any atom is -0.624 e. The fraction of sp³-hybridized carbons (Fsp3) is 0.278. The van der Waals surface area contributed by atoms with E-state index in [9.17, 15) is 5.21 Å². The first-order chi connectivity index (χ1) is 10.5. The molecular weight excluding hydrogens is 296 g/mol. The Kier molecular flexibility index (Phi) is 5.45. The zero-order chi connectivity index (χ0) is 16.1. The van der Waals surface area contributed by atoms with E-state index in [0.717, 1.165) is 21.6 Å². The van der Waals surface area contributed by atoms with Crippen LogP contribution in [0.4, 0.5) is 5.69 Å². The topological polar surface area (TPSA) is 29.3 Å². The summed E-state index contributed by atoms with van der Waals surface area (Å²) in [5, 5.41) is 13.0. The molecule has 0 saturated carbocycles. The van der Waals surface area contributed by atoms with E-state index >= 15 is 0 Å². The van der Waals surface area contributed by atoms with E-state index in [0.29, 0.717) is 11.4 Å². The molecule has 0 aromatic heterocycles. The van der Waals surface area contributed by atoms with Gasteiger partial charge in [-0.3, -0.25) is 0 Å². The van der Waals surface area contributed by atoms with Gasteiger partial charge in [0.25, 0.3) is 0 Å². The number of hydrogen-bond donors (Lipinski definition) is 0. The third-order valence-corrected chi connectivity index (χ3v) is 3.96. The van der Waals surface area contributed by atoms with Crippen LogP contribution in [0.5, 0.6) is 0 Å². The van der Waals surface area contributed by atoms with Crippen molar-refractivity contribution in [3.8, 4) is 0 Å². The number of nitrogens with zero attached hydrogens (tertiary/aromatic N) is 2. The van der Waals surface area contributed by atoms with E-state index in [1.54, 1.807) is 6.21 Å². The molecule has 4 heteroatoms. The summed E-state index contributed by atoms with van der Waals surface area (Å²) in [5.74, 6) is 0. The van der Waals surface area contributed by atoms with Gasteiger partial charge in [-0.25, -0.2) is 4.74 Å². The summed E-state index contributed by atoms with van der Waals surface area (Å²) in [6.45, 7) is 1.90. The van der Waals surface area contributed by atoms with E-state index < -0.39 is 0 Å². The highest BCUT2D eigenvalue weighted by atomic mass is 35.5. The lowest BCUT2D eigenvalue weighted by Crippen LogP contribution is -2.22. The second-order valence-corrected chi connectivity index (χ2v) is 6.03. The van der Waals surface area contributed by atoms with Gasteiger partial charge in [0, 0.05) is 36.8 Å². The second-order valence-electron chi connectivity index (χ2n) is 5.62. The Bertz CT molecular complexity index is 650. The maximum absolute atomic E-state index is 12.3. The lowest BCUT2D eigenvalue weighted by Gasteiger charge is -2.14. The average Bonchev–Trinajstić information content (AvgIpc) is 2.50. The Labute approximate surface area is 137 Å². The van der Waals surface area contributed by atoms with Crippen molar-refractivity contribution in [1.29, 1.82) is 0 Å². The zero-order valence-electron chi connectivity index (χ0n) is 13.2. The first-order valence-corrected chi connectivity index (χ1v) is 7.66. The van der Waals surface area contributed by atoms with E-state index in [2.05, 4.69) is 0 Å². The Balaban J connectivity index is 2.09. The van der Waals surface area contributed by atoms with Gasteiger partial charge < -0.3 is 10.1 Å². The van der Waals surface area contributed by atoms with E-state index in [1.807, 2.05) is 74.4 Å². The van der Waals surface area contributed by atoms with Gasteiger partial charge in [0.15, 0.2) is 12.3 Å². The van der Waals surface area contributed by atoms with E-state index in [4.69, 9.17) is 11.6 Å². The quantitative estimate of drug-likeness (QED) is 0.361. The monoisotopic (exact) mass is 316 g/mol. The summed E-state index contributed by atoms with van der Waals surface area (Å²) >= 11 is 6.14. The molecule has 0 fully saturated rings. The smallest absolute Gasteiger partial charge is 0.182 e. The molecule has 1 atom stereocenters. The summed E-state index contributed by atoms with van der Waals surface area (Å²) in [4.78, 5) is 2.03. The molecule has 116 valence electrons. The average molecular weight is 317 g/mol. The molecule has 0 saturated heterocycles. The van der Waals surface area contributed by atoms with Gasteiger partial charge in [0.1, 0.15) is 0 Å². The number of anilines is 1. The van der Waals surface area contributed by atoms with Crippen LogP contribution in [-0.4, -0.2) is 31.1 Å². The van der Waals surface area contributed by atoms with Crippen LogP contribution >= 0.6 is 11.6 Å². The first kappa shape index (κ1) is 16.4. The minimum absolute atomic E-state index is 0.173. The van der Waals surface area contributed by atoms with Gasteiger partial charge in [-0.15, -0.1) is 0 Å². The molecule has 0 bridgehead atoms. The van der Waals surface area contributed by atoms with Crippen LogP contribution in [0, 0.1) is 5.21 Å². The molecule has 0 amide bonds. The summed E-state index contributed by atoms with van der Waals surface area (Å²) in [6.07, 6.45) is 2.25. The molecule has 0 radical (unpaired) electrons. The van der Waals surface area contributed by atoms with Crippen LogP contribution in [0.1, 0.15) is 18.1 Å². The van der Waals surface area contributed by atoms with Crippen molar-refractivity contribution in [3.05, 3.63) is 69.9 Å². The van der Waals surface area contributed by atoms with Crippen LogP contribution in [0.15, 0.2) is 48.5 Å². The van der Waals surface area contributed by atoms with Crippen molar-refractivity contribution in [1.82, 2.24) is 0 Å². The second kappa shape index (κ2) is 7.32. The van der Waals surface area contributed by atoms with Crippen LogP contribution in [0.25, 0.3) is 0 Å². The van der Waals surface area contributed by atoms with Crippen molar-refractivity contribution in [2.45, 2.75) is 19.4 Å². The van der Waals surface area contributed by atoms with Gasteiger partial charge in [-0.1, -0.05) is 29.8 Å². The number of hydroxylamine groups is 1. The zero-order valence-corrected chi connectivity index (χ0v) is 13.9. The summed E-state index contributed by atoms with van der Waals surface area (Å²) in [6, 6.07) is 15.4. The van der Waals surface area contributed by atoms with Gasteiger partial charge in [0.2, 0.25) is 0 Å². The lowest BCUT2D eigenvalue weighted by atomic mass is 10.1. The largest absolute Gasteiger partial charge is 0.624 e. The maximum Gasteiger partial charge on any atom is 0.182 e. The van der Waals surface area contributed by atoms with Crippen molar-refractivity contribution < 1.29 is 4.74 Å². The van der Waals surface area contributed by atoms with Crippen molar-refractivity contribution in [2.75, 3.05) is 19.0 Å². The summed E-state index contributed by atoms with van der Waals surface area (Å²) in [7, 11) is 3.98. The standard InChI is InChI=1S/C18H21ClN2O/c1-14(12-16-6-4-5-7-18(16)19)21(22)13-15-8-10-17(11-9-15)20(2)3/h4-11,13-14H,12H2,1-3H3/b21-13+. The third kappa shape index (κ3) is 4.25. The number of hydrogen-bond acceptors (Lipinski definition) is 2. The van der Waals surface area contributed by atoms with Gasteiger partial charge >= 0.3 is 0 Å². The minimum atomic E-state index is -0.173. The van der Waals surface area contributed by atoms with Crippen LogP contribution in [0.3, 0.4) is 0 Å². The van der Waals surface area contributed by atoms with Crippen LogP contribution < -0.4 is 4.90 Å². The fourth-order valence-electron chi connectivity index (χ4n) is 2.20. The number of benzene rings is 2.